The highest BCUT2D eigenvalue weighted by Crippen LogP contribution is 2.53. The molecule has 2 atom stereocenters. The Bertz CT molecular complexity index is 633. The highest BCUT2D eigenvalue weighted by atomic mass is 32.1. The fraction of sp³-hybridized carbons (Fsp3) is 0.312. The molecule has 0 saturated heterocycles. The van der Waals surface area contributed by atoms with Gasteiger partial charge in [0, 0.05) is 17.6 Å². The molecular weight excluding hydrogens is 254 g/mol. The monoisotopic (exact) mass is 269 g/mol. The fourth-order valence-electron chi connectivity index (χ4n) is 3.63. The van der Waals surface area contributed by atoms with Crippen LogP contribution in [0.5, 0.6) is 0 Å². The van der Waals surface area contributed by atoms with E-state index in [1.807, 2.05) is 6.07 Å². The molecule has 1 saturated carbocycles. The molecule has 4 rings (SSSR count). The number of benzene rings is 1. The highest BCUT2D eigenvalue weighted by molar-refractivity contribution is 7.17. The van der Waals surface area contributed by atoms with E-state index in [2.05, 4.69) is 35.2 Å². The van der Waals surface area contributed by atoms with E-state index in [9.17, 15) is 4.79 Å². The summed E-state index contributed by atoms with van der Waals surface area (Å²) in [6.07, 6.45) is 4.81. The molecule has 2 nitrogen and oxygen atoms in total. The van der Waals surface area contributed by atoms with Crippen molar-refractivity contribution in [1.82, 2.24) is 0 Å². The number of fused-ring (bicyclic) bond motifs is 3. The minimum Gasteiger partial charge on any atom is -0.329 e. The summed E-state index contributed by atoms with van der Waals surface area (Å²) in [5.41, 5.74) is 2.84. The van der Waals surface area contributed by atoms with E-state index in [0.717, 1.165) is 11.2 Å². The third-order valence-corrected chi connectivity index (χ3v) is 5.38. The maximum atomic E-state index is 10.9. The molecule has 1 aliphatic heterocycles. The molecule has 1 fully saturated rings. The predicted octanol–water partition coefficient (Wildman–Crippen LogP) is 4.35. The van der Waals surface area contributed by atoms with Gasteiger partial charge in [-0.05, 0) is 36.6 Å². The van der Waals surface area contributed by atoms with E-state index in [1.165, 1.54) is 35.5 Å². The number of hydrogen-bond acceptors (Lipinski definition) is 3. The number of thiophene rings is 1. The van der Waals surface area contributed by atoms with Gasteiger partial charge in [0.1, 0.15) is 0 Å². The van der Waals surface area contributed by atoms with Gasteiger partial charge in [0.05, 0.1) is 9.88 Å². The first-order valence-electron chi connectivity index (χ1n) is 6.81. The van der Waals surface area contributed by atoms with Crippen LogP contribution in [0, 0.1) is 0 Å². The number of para-hydroxylation sites is 1. The van der Waals surface area contributed by atoms with Gasteiger partial charge in [0.15, 0.2) is 6.29 Å². The van der Waals surface area contributed by atoms with Crippen LogP contribution in [0.25, 0.3) is 0 Å². The van der Waals surface area contributed by atoms with Crippen molar-refractivity contribution in [3.05, 3.63) is 46.8 Å². The first kappa shape index (κ1) is 11.2. The average Bonchev–Trinajstić information content (AvgIpc) is 3.13. The van der Waals surface area contributed by atoms with Gasteiger partial charge in [-0.15, -0.1) is 11.3 Å². The van der Waals surface area contributed by atoms with Gasteiger partial charge in [-0.1, -0.05) is 24.6 Å². The van der Waals surface area contributed by atoms with Crippen molar-refractivity contribution >= 4 is 28.3 Å². The molecule has 19 heavy (non-hydrogen) atoms. The summed E-state index contributed by atoms with van der Waals surface area (Å²) < 4.78 is 0. The van der Waals surface area contributed by atoms with E-state index < -0.39 is 0 Å². The van der Waals surface area contributed by atoms with E-state index >= 15 is 0 Å². The number of rotatable bonds is 2. The molecule has 2 unspecified atom stereocenters. The lowest BCUT2D eigenvalue weighted by Gasteiger charge is -2.25. The molecule has 2 aliphatic rings. The number of anilines is 2. The van der Waals surface area contributed by atoms with Crippen molar-refractivity contribution in [1.29, 1.82) is 0 Å². The number of carbonyl (C=O) groups excluding carboxylic acids is 1. The minimum atomic E-state index is 0.593. The predicted molar refractivity (Wildman–Crippen MR) is 78.7 cm³/mol. The molecule has 0 radical (unpaired) electrons. The first-order chi connectivity index (χ1) is 9.38. The Morgan fingerprint density at radius 3 is 2.89 bits per heavy atom. The minimum absolute atomic E-state index is 0.593. The normalized spacial score (nSPS) is 24.3. The Kier molecular flexibility index (Phi) is 2.49. The molecular formula is C16H15NOS. The lowest BCUT2D eigenvalue weighted by atomic mass is 9.98. The van der Waals surface area contributed by atoms with Gasteiger partial charge >= 0.3 is 0 Å². The Morgan fingerprint density at radius 1 is 1.16 bits per heavy atom. The van der Waals surface area contributed by atoms with Crippen LogP contribution >= 0.6 is 11.3 Å². The molecule has 2 heterocycles. The summed E-state index contributed by atoms with van der Waals surface area (Å²) in [6.45, 7) is 0. The van der Waals surface area contributed by atoms with Crippen LogP contribution in [0.4, 0.5) is 10.7 Å². The zero-order chi connectivity index (χ0) is 12.8. The number of carbonyl (C=O) groups is 1. The van der Waals surface area contributed by atoms with E-state index in [-0.39, 0.29) is 0 Å². The lowest BCUT2D eigenvalue weighted by molar-refractivity contribution is 0.112. The number of aldehydes is 1. The third kappa shape index (κ3) is 1.58. The van der Waals surface area contributed by atoms with Crippen LogP contribution in [0.15, 0.2) is 36.4 Å². The number of nitrogens with zero attached hydrogens (tertiary/aromatic N) is 1. The van der Waals surface area contributed by atoms with Gasteiger partial charge < -0.3 is 4.90 Å². The summed E-state index contributed by atoms with van der Waals surface area (Å²) >= 11 is 1.60. The van der Waals surface area contributed by atoms with Crippen molar-refractivity contribution in [2.24, 2.45) is 0 Å². The molecule has 2 aromatic rings. The van der Waals surface area contributed by atoms with Crippen LogP contribution in [0.3, 0.4) is 0 Å². The Morgan fingerprint density at radius 2 is 2.05 bits per heavy atom. The van der Waals surface area contributed by atoms with Crippen LogP contribution in [0.1, 0.15) is 40.4 Å². The van der Waals surface area contributed by atoms with Crippen molar-refractivity contribution < 1.29 is 4.79 Å². The average molecular weight is 269 g/mol. The van der Waals surface area contributed by atoms with Crippen LogP contribution in [-0.2, 0) is 0 Å². The van der Waals surface area contributed by atoms with Gasteiger partial charge in [-0.3, -0.25) is 4.79 Å². The van der Waals surface area contributed by atoms with Gasteiger partial charge in [-0.25, -0.2) is 0 Å². The topological polar surface area (TPSA) is 20.3 Å². The maximum Gasteiger partial charge on any atom is 0.160 e. The van der Waals surface area contributed by atoms with Crippen molar-refractivity contribution in [3.8, 4) is 0 Å². The largest absolute Gasteiger partial charge is 0.329 e. The van der Waals surface area contributed by atoms with E-state index in [1.54, 1.807) is 11.3 Å². The zero-order valence-corrected chi connectivity index (χ0v) is 11.4. The summed E-state index contributed by atoms with van der Waals surface area (Å²) in [6, 6.07) is 13.4. The van der Waals surface area contributed by atoms with Gasteiger partial charge in [-0.2, -0.15) is 0 Å². The summed E-state index contributed by atoms with van der Waals surface area (Å²) in [4.78, 5) is 14.2. The maximum absolute atomic E-state index is 10.9. The fourth-order valence-corrected chi connectivity index (χ4v) is 4.52. The van der Waals surface area contributed by atoms with Crippen molar-refractivity contribution in [3.63, 3.8) is 0 Å². The summed E-state index contributed by atoms with van der Waals surface area (Å²) in [5.74, 6) is 0.679. The number of hydrogen-bond donors (Lipinski definition) is 0. The highest BCUT2D eigenvalue weighted by Gasteiger charge is 2.42. The molecule has 0 amide bonds. The Balaban J connectivity index is 1.84. The lowest BCUT2D eigenvalue weighted by Crippen LogP contribution is -2.25. The second kappa shape index (κ2) is 4.20. The van der Waals surface area contributed by atoms with E-state index in [0.29, 0.717) is 12.0 Å². The Hall–Kier alpha value is -1.61. The van der Waals surface area contributed by atoms with Gasteiger partial charge in [0.25, 0.3) is 0 Å². The smallest absolute Gasteiger partial charge is 0.160 e. The molecule has 1 aromatic carbocycles. The molecule has 0 spiro atoms. The zero-order valence-electron chi connectivity index (χ0n) is 10.6. The van der Waals surface area contributed by atoms with E-state index in [4.69, 9.17) is 0 Å². The standard InChI is InChI=1S/C16H15NOS/c18-10-11-8-9-16(19-11)17-14-6-2-1-4-12(14)13-5-3-7-15(13)17/h1-2,4,6,8-10,13,15H,3,5,7H2. The molecule has 3 heteroatoms. The molecule has 1 aliphatic carbocycles. The quantitative estimate of drug-likeness (QED) is 0.755. The van der Waals surface area contributed by atoms with Crippen molar-refractivity contribution in [2.75, 3.05) is 4.90 Å². The molecule has 96 valence electrons. The van der Waals surface area contributed by atoms with Crippen LogP contribution in [-0.4, -0.2) is 12.3 Å². The Labute approximate surface area is 116 Å². The summed E-state index contributed by atoms with van der Waals surface area (Å²) in [7, 11) is 0. The first-order valence-corrected chi connectivity index (χ1v) is 7.63. The van der Waals surface area contributed by atoms with Gasteiger partial charge in [0.2, 0.25) is 0 Å². The molecule has 1 aromatic heterocycles. The second-order valence-corrected chi connectivity index (χ2v) is 6.42. The second-order valence-electron chi connectivity index (χ2n) is 5.33. The summed E-state index contributed by atoms with van der Waals surface area (Å²) in [5, 5.41) is 1.21. The van der Waals surface area contributed by atoms with Crippen LogP contribution < -0.4 is 4.90 Å². The third-order valence-electron chi connectivity index (χ3n) is 4.37. The molecule has 0 bridgehead atoms. The molecule has 0 N–H and O–H groups in total. The van der Waals surface area contributed by atoms with Crippen molar-refractivity contribution in [2.45, 2.75) is 31.2 Å². The van der Waals surface area contributed by atoms with Crippen LogP contribution in [0.2, 0.25) is 0 Å². The SMILES string of the molecule is O=Cc1ccc(N2c3ccccc3C3CCCC32)s1.